The van der Waals surface area contributed by atoms with E-state index in [9.17, 15) is 8.42 Å². The van der Waals surface area contributed by atoms with Crippen LogP contribution >= 0.6 is 0 Å². The lowest BCUT2D eigenvalue weighted by molar-refractivity contribution is -0.0294. The Morgan fingerprint density at radius 1 is 0.800 bits per heavy atom. The Bertz CT molecular complexity index is 1480. The third kappa shape index (κ3) is 4.16. The van der Waals surface area contributed by atoms with Crippen molar-refractivity contribution in [3.63, 3.8) is 0 Å². The molecule has 0 spiro atoms. The number of nitrogens with one attached hydrogen (secondary N) is 1. The smallest absolute Gasteiger partial charge is 0.209 e. The van der Waals surface area contributed by atoms with Crippen LogP contribution in [-0.4, -0.2) is 54.5 Å². The molecule has 178 valence electrons. The van der Waals surface area contributed by atoms with Gasteiger partial charge in [0, 0.05) is 61.8 Å². The molecule has 1 aromatic heterocycles. The molecule has 0 atom stereocenters. The predicted molar refractivity (Wildman–Crippen MR) is 138 cm³/mol. The van der Waals surface area contributed by atoms with Gasteiger partial charge in [0.25, 0.3) is 0 Å². The average Bonchev–Trinajstić information content (AvgIpc) is 3.34. The van der Waals surface area contributed by atoms with E-state index >= 15 is 0 Å². The molecule has 3 heterocycles. The molecule has 35 heavy (non-hydrogen) atoms. The van der Waals surface area contributed by atoms with Gasteiger partial charge in [0.05, 0.1) is 16.3 Å². The molecule has 1 saturated heterocycles. The minimum absolute atomic E-state index is 0.355. The van der Waals surface area contributed by atoms with Crippen LogP contribution in [0, 0.1) is 0 Å². The summed E-state index contributed by atoms with van der Waals surface area (Å²) in [6.45, 7) is 5.25. The number of aromatic nitrogens is 1. The molecular weight excluding hydrogens is 456 g/mol. The zero-order valence-electron chi connectivity index (χ0n) is 19.5. The van der Waals surface area contributed by atoms with E-state index in [1.165, 1.54) is 5.56 Å². The van der Waals surface area contributed by atoms with Gasteiger partial charge >= 0.3 is 0 Å². The van der Waals surface area contributed by atoms with E-state index in [4.69, 9.17) is 0 Å². The van der Waals surface area contributed by atoms with E-state index < -0.39 is 9.84 Å². The molecule has 1 N–H and O–H groups in total. The number of H-pyrrole nitrogens is 1. The molecule has 0 unspecified atom stereocenters. The molecule has 4 aromatic rings. The molecular formula is C28H28N4O2S. The first-order valence-electron chi connectivity index (χ1n) is 12.0. The van der Waals surface area contributed by atoms with E-state index in [0.29, 0.717) is 16.3 Å². The van der Waals surface area contributed by atoms with Crippen molar-refractivity contribution < 1.29 is 8.42 Å². The highest BCUT2D eigenvalue weighted by Gasteiger charge is 2.30. The lowest BCUT2D eigenvalue weighted by Gasteiger charge is -2.41. The van der Waals surface area contributed by atoms with Crippen LogP contribution in [0.25, 0.3) is 16.8 Å². The van der Waals surface area contributed by atoms with Crippen molar-refractivity contribution in [2.75, 3.05) is 26.2 Å². The minimum atomic E-state index is -3.68. The largest absolute Gasteiger partial charge is 0.360 e. The van der Waals surface area contributed by atoms with Crippen molar-refractivity contribution in [2.24, 2.45) is 0 Å². The maximum Gasteiger partial charge on any atom is 0.209 e. The topological polar surface area (TPSA) is 59.7 Å². The zero-order chi connectivity index (χ0) is 23.8. The monoisotopic (exact) mass is 484 g/mol. The second-order valence-electron chi connectivity index (χ2n) is 9.15. The minimum Gasteiger partial charge on any atom is -0.360 e. The maximum atomic E-state index is 13.8. The van der Waals surface area contributed by atoms with Gasteiger partial charge in [-0.05, 0) is 23.1 Å². The van der Waals surface area contributed by atoms with Gasteiger partial charge in [0.1, 0.15) is 0 Å². The summed E-state index contributed by atoms with van der Waals surface area (Å²) in [4.78, 5) is 6.38. The van der Waals surface area contributed by atoms with Crippen molar-refractivity contribution in [1.29, 1.82) is 0 Å². The Balaban J connectivity index is 1.21. The van der Waals surface area contributed by atoms with E-state index in [0.717, 1.165) is 54.8 Å². The van der Waals surface area contributed by atoms with Gasteiger partial charge in [-0.2, -0.15) is 0 Å². The zero-order valence-corrected chi connectivity index (χ0v) is 20.3. The number of hydrogen-bond donors (Lipinski definition) is 1. The van der Waals surface area contributed by atoms with Gasteiger partial charge < -0.3 is 9.99 Å². The molecule has 0 aliphatic carbocycles. The number of benzene rings is 3. The third-order valence-electron chi connectivity index (χ3n) is 7.00. The fourth-order valence-electron chi connectivity index (χ4n) is 5.11. The summed E-state index contributed by atoms with van der Waals surface area (Å²) in [6, 6.07) is 23.7. The van der Waals surface area contributed by atoms with Crippen LogP contribution in [0.15, 0.2) is 95.0 Å². The number of fused-ring (bicyclic) bond motifs is 2. The van der Waals surface area contributed by atoms with Crippen LogP contribution in [-0.2, 0) is 22.9 Å². The molecule has 0 radical (unpaired) electrons. The van der Waals surface area contributed by atoms with Crippen molar-refractivity contribution in [3.05, 3.63) is 102 Å². The van der Waals surface area contributed by atoms with E-state index in [2.05, 4.69) is 50.4 Å². The summed E-state index contributed by atoms with van der Waals surface area (Å²) in [6.07, 6.45) is 5.69. The lowest BCUT2D eigenvalue weighted by atomic mass is 10.1. The first-order chi connectivity index (χ1) is 17.1. The Morgan fingerprint density at radius 3 is 2.37 bits per heavy atom. The van der Waals surface area contributed by atoms with Crippen LogP contribution in [0.2, 0.25) is 0 Å². The summed E-state index contributed by atoms with van der Waals surface area (Å²) in [5.41, 5.74) is 3.02. The van der Waals surface area contributed by atoms with Gasteiger partial charge in [-0.1, -0.05) is 66.7 Å². The third-order valence-corrected chi connectivity index (χ3v) is 8.88. The predicted octanol–water partition coefficient (Wildman–Crippen LogP) is 4.52. The normalized spacial score (nSPS) is 17.1. The van der Waals surface area contributed by atoms with Gasteiger partial charge in [0.2, 0.25) is 9.84 Å². The lowest BCUT2D eigenvalue weighted by Crippen LogP contribution is -2.51. The summed E-state index contributed by atoms with van der Waals surface area (Å²) < 4.78 is 27.6. The fraction of sp³-hybridized carbons (Fsp3) is 0.214. The Hall–Kier alpha value is -3.39. The highest BCUT2D eigenvalue weighted by molar-refractivity contribution is 7.91. The number of hydrogen-bond acceptors (Lipinski definition) is 5. The second-order valence-corrected chi connectivity index (χ2v) is 11.0. The van der Waals surface area contributed by atoms with Crippen molar-refractivity contribution in [1.82, 2.24) is 19.9 Å². The number of piperazine rings is 1. The number of nitrogens with zero attached hydrogens (tertiary/aromatic N) is 3. The molecule has 2 aliphatic rings. The van der Waals surface area contributed by atoms with E-state index in [-0.39, 0.29) is 0 Å². The number of rotatable bonds is 5. The SMILES string of the molecule is O=S(=O)(c1c[nH]c2c1CN(N1CCN(Cc3ccccc3)CC1)C=C2)c1cccc2ccccc12. The molecule has 7 heteroatoms. The van der Waals surface area contributed by atoms with Gasteiger partial charge in [-0.15, -0.1) is 0 Å². The van der Waals surface area contributed by atoms with Crippen molar-refractivity contribution in [2.45, 2.75) is 22.9 Å². The Labute approximate surface area is 206 Å². The summed E-state index contributed by atoms with van der Waals surface area (Å²) in [7, 11) is -3.68. The van der Waals surface area contributed by atoms with Crippen LogP contribution in [0.3, 0.4) is 0 Å². The van der Waals surface area contributed by atoms with Crippen LogP contribution in [0.4, 0.5) is 0 Å². The van der Waals surface area contributed by atoms with Crippen LogP contribution in [0.1, 0.15) is 16.8 Å². The van der Waals surface area contributed by atoms with E-state index in [1.54, 1.807) is 12.3 Å². The molecule has 3 aromatic carbocycles. The highest BCUT2D eigenvalue weighted by Crippen LogP contribution is 2.34. The van der Waals surface area contributed by atoms with Gasteiger partial charge in [0.15, 0.2) is 0 Å². The average molecular weight is 485 g/mol. The Morgan fingerprint density at radius 2 is 1.54 bits per heavy atom. The number of aromatic amines is 1. The molecule has 0 bridgehead atoms. The molecule has 6 nitrogen and oxygen atoms in total. The molecule has 1 fully saturated rings. The maximum absolute atomic E-state index is 13.8. The highest BCUT2D eigenvalue weighted by atomic mass is 32.2. The van der Waals surface area contributed by atoms with Crippen LogP contribution in [0.5, 0.6) is 0 Å². The summed E-state index contributed by atoms with van der Waals surface area (Å²) >= 11 is 0. The fourth-order valence-corrected chi connectivity index (χ4v) is 6.80. The molecule has 6 rings (SSSR count). The van der Waals surface area contributed by atoms with Crippen LogP contribution < -0.4 is 0 Å². The number of hydrazine groups is 1. The molecule has 0 amide bonds. The second kappa shape index (κ2) is 9.00. The summed E-state index contributed by atoms with van der Waals surface area (Å²) in [5, 5.41) is 6.16. The van der Waals surface area contributed by atoms with E-state index in [1.807, 2.05) is 48.5 Å². The number of sulfone groups is 1. The first-order valence-corrected chi connectivity index (χ1v) is 13.5. The standard InChI is InChI=1S/C28H28N4O2S/c33-35(34,27-12-6-10-23-9-4-5-11-24(23)27)28-19-29-26-13-14-32(21-25(26)28)31-17-15-30(16-18-31)20-22-7-2-1-3-8-22/h1-14,19,29H,15-18,20-21H2. The molecule has 2 aliphatic heterocycles. The van der Waals surface area contributed by atoms with Crippen molar-refractivity contribution >= 4 is 26.7 Å². The van der Waals surface area contributed by atoms with Crippen molar-refractivity contribution in [3.8, 4) is 0 Å². The summed E-state index contributed by atoms with van der Waals surface area (Å²) in [5.74, 6) is 0. The Kier molecular flexibility index (Phi) is 5.68. The first kappa shape index (κ1) is 22.1. The molecule has 0 saturated carbocycles. The quantitative estimate of drug-likeness (QED) is 0.451. The van der Waals surface area contributed by atoms with Gasteiger partial charge in [-0.25, -0.2) is 13.4 Å². The van der Waals surface area contributed by atoms with Gasteiger partial charge in [-0.3, -0.25) is 4.90 Å².